The second-order valence-corrected chi connectivity index (χ2v) is 3.97. The van der Waals surface area contributed by atoms with Gasteiger partial charge in [-0.3, -0.25) is 4.79 Å². The molecule has 0 saturated carbocycles. The molecule has 0 spiro atoms. The van der Waals surface area contributed by atoms with Gasteiger partial charge in [0.15, 0.2) is 34.8 Å². The molecule has 1 amide bonds. The molecular weight excluding hydrogens is 294 g/mol. The maximum absolute atomic E-state index is 13.4. The highest BCUT2D eigenvalue weighted by atomic mass is 19.2. The van der Waals surface area contributed by atoms with E-state index < -0.39 is 51.9 Å². The van der Waals surface area contributed by atoms with Crippen molar-refractivity contribution in [3.8, 4) is 11.5 Å². The third kappa shape index (κ3) is 2.60. The zero-order valence-electron chi connectivity index (χ0n) is 10.1. The number of nitrogens with one attached hydrogen (secondary N) is 1. The van der Waals surface area contributed by atoms with Gasteiger partial charge in [0.1, 0.15) is 5.69 Å². The van der Waals surface area contributed by atoms with Crippen molar-refractivity contribution in [2.24, 2.45) is 0 Å². The summed E-state index contributed by atoms with van der Waals surface area (Å²) in [5.74, 6) is -9.70. The van der Waals surface area contributed by atoms with Crippen LogP contribution in [0.25, 0.3) is 0 Å². The van der Waals surface area contributed by atoms with Crippen molar-refractivity contribution in [1.82, 2.24) is 0 Å². The SMILES string of the molecule is O=C(Nc1c(F)c(F)cc(F)c1F)c1cccc(O)c1O. The highest BCUT2D eigenvalue weighted by Crippen LogP contribution is 2.30. The fourth-order valence-electron chi connectivity index (χ4n) is 1.58. The van der Waals surface area contributed by atoms with E-state index in [0.29, 0.717) is 0 Å². The van der Waals surface area contributed by atoms with Gasteiger partial charge in [-0.15, -0.1) is 0 Å². The molecule has 0 atom stereocenters. The van der Waals surface area contributed by atoms with Gasteiger partial charge in [0.05, 0.1) is 5.56 Å². The number of halogens is 4. The van der Waals surface area contributed by atoms with E-state index in [1.54, 1.807) is 5.32 Å². The third-order valence-corrected chi connectivity index (χ3v) is 2.61. The smallest absolute Gasteiger partial charge is 0.259 e. The first kappa shape index (κ1) is 14.6. The molecule has 21 heavy (non-hydrogen) atoms. The van der Waals surface area contributed by atoms with E-state index in [2.05, 4.69) is 0 Å². The summed E-state index contributed by atoms with van der Waals surface area (Å²) < 4.78 is 52.8. The van der Waals surface area contributed by atoms with Gasteiger partial charge in [-0.25, -0.2) is 17.6 Å². The Labute approximate surface area is 115 Å². The first-order valence-electron chi connectivity index (χ1n) is 5.48. The maximum Gasteiger partial charge on any atom is 0.259 e. The van der Waals surface area contributed by atoms with E-state index in [4.69, 9.17) is 0 Å². The van der Waals surface area contributed by atoms with Crippen molar-refractivity contribution in [2.75, 3.05) is 5.32 Å². The molecule has 8 heteroatoms. The Balaban J connectivity index is 2.43. The zero-order chi connectivity index (χ0) is 15.7. The monoisotopic (exact) mass is 301 g/mol. The van der Waals surface area contributed by atoms with Crippen LogP contribution in [0.1, 0.15) is 10.4 Å². The number of phenols is 2. The number of aromatic hydroxyl groups is 2. The van der Waals surface area contributed by atoms with Crippen LogP contribution in [-0.2, 0) is 0 Å². The van der Waals surface area contributed by atoms with Gasteiger partial charge in [-0.05, 0) is 12.1 Å². The van der Waals surface area contributed by atoms with Gasteiger partial charge in [0.25, 0.3) is 5.91 Å². The van der Waals surface area contributed by atoms with Crippen molar-refractivity contribution >= 4 is 11.6 Å². The highest BCUT2D eigenvalue weighted by Gasteiger charge is 2.23. The summed E-state index contributed by atoms with van der Waals surface area (Å²) in [6, 6.07) is 3.28. The maximum atomic E-state index is 13.4. The number of anilines is 1. The number of phenolic OH excluding ortho intramolecular Hbond substituents is 2. The summed E-state index contributed by atoms with van der Waals surface area (Å²) in [4.78, 5) is 11.8. The largest absolute Gasteiger partial charge is 0.504 e. The normalized spacial score (nSPS) is 10.5. The van der Waals surface area contributed by atoms with E-state index in [1.807, 2.05) is 0 Å². The Morgan fingerprint density at radius 3 is 2.14 bits per heavy atom. The number of amides is 1. The standard InChI is InChI=1S/C13H7F4NO3/c14-6-4-7(15)10(17)11(9(6)16)18-13(21)5-2-1-3-8(19)12(5)20/h1-4,19-20H,(H,18,21). The lowest BCUT2D eigenvalue weighted by Crippen LogP contribution is -2.16. The van der Waals surface area contributed by atoms with Gasteiger partial charge >= 0.3 is 0 Å². The van der Waals surface area contributed by atoms with Crippen molar-refractivity contribution in [2.45, 2.75) is 0 Å². The average Bonchev–Trinajstić information content (AvgIpc) is 2.44. The Kier molecular flexibility index (Phi) is 3.70. The highest BCUT2D eigenvalue weighted by molar-refractivity contribution is 6.06. The summed E-state index contributed by atoms with van der Waals surface area (Å²) >= 11 is 0. The van der Waals surface area contributed by atoms with Crippen molar-refractivity contribution in [1.29, 1.82) is 0 Å². The number of rotatable bonds is 2. The number of benzene rings is 2. The summed E-state index contributed by atoms with van der Waals surface area (Å²) in [6.07, 6.45) is 0. The Bertz CT molecular complexity index is 708. The second-order valence-electron chi connectivity index (χ2n) is 3.97. The topological polar surface area (TPSA) is 69.6 Å². The van der Waals surface area contributed by atoms with Crippen LogP contribution >= 0.6 is 0 Å². The number of para-hydroxylation sites is 1. The number of carbonyl (C=O) groups excluding carboxylic acids is 1. The van der Waals surface area contributed by atoms with Gasteiger partial charge in [0, 0.05) is 6.07 Å². The molecule has 0 heterocycles. The zero-order valence-corrected chi connectivity index (χ0v) is 10.1. The quantitative estimate of drug-likeness (QED) is 0.454. The van der Waals surface area contributed by atoms with Crippen LogP contribution in [0.5, 0.6) is 11.5 Å². The van der Waals surface area contributed by atoms with Gasteiger partial charge in [-0.2, -0.15) is 0 Å². The minimum Gasteiger partial charge on any atom is -0.504 e. The molecule has 4 nitrogen and oxygen atoms in total. The molecule has 3 N–H and O–H groups in total. The fraction of sp³-hybridized carbons (Fsp3) is 0. The minimum absolute atomic E-state index is 0.00780. The number of hydrogen-bond acceptors (Lipinski definition) is 3. The fourth-order valence-corrected chi connectivity index (χ4v) is 1.58. The van der Waals surface area contributed by atoms with E-state index in [1.165, 1.54) is 6.07 Å². The molecule has 110 valence electrons. The van der Waals surface area contributed by atoms with E-state index in [-0.39, 0.29) is 6.07 Å². The van der Waals surface area contributed by atoms with Crippen LogP contribution < -0.4 is 5.32 Å². The second kappa shape index (κ2) is 5.31. The summed E-state index contributed by atoms with van der Waals surface area (Å²) in [6.45, 7) is 0. The lowest BCUT2D eigenvalue weighted by Gasteiger charge is -2.10. The predicted molar refractivity (Wildman–Crippen MR) is 64.0 cm³/mol. The summed E-state index contributed by atoms with van der Waals surface area (Å²) in [7, 11) is 0. The van der Waals surface area contributed by atoms with Crippen molar-refractivity contribution in [3.63, 3.8) is 0 Å². The molecular formula is C13H7F4NO3. The van der Waals surface area contributed by atoms with Crippen LogP contribution in [0, 0.1) is 23.3 Å². The Morgan fingerprint density at radius 1 is 1.00 bits per heavy atom. The van der Waals surface area contributed by atoms with Gasteiger partial charge < -0.3 is 15.5 Å². The van der Waals surface area contributed by atoms with E-state index in [9.17, 15) is 32.6 Å². The van der Waals surface area contributed by atoms with Crippen molar-refractivity contribution in [3.05, 3.63) is 53.1 Å². The van der Waals surface area contributed by atoms with Crippen LogP contribution in [-0.4, -0.2) is 16.1 Å². The van der Waals surface area contributed by atoms with Crippen LogP contribution in [0.2, 0.25) is 0 Å². The first-order chi connectivity index (χ1) is 9.82. The van der Waals surface area contributed by atoms with E-state index >= 15 is 0 Å². The van der Waals surface area contributed by atoms with Crippen molar-refractivity contribution < 1.29 is 32.6 Å². The molecule has 0 aliphatic heterocycles. The summed E-state index contributed by atoms with van der Waals surface area (Å²) in [5.41, 5.74) is -1.86. The minimum atomic E-state index is -1.79. The van der Waals surface area contributed by atoms with Crippen LogP contribution in [0.3, 0.4) is 0 Å². The van der Waals surface area contributed by atoms with Gasteiger partial charge in [0.2, 0.25) is 0 Å². The molecule has 0 radical (unpaired) electrons. The van der Waals surface area contributed by atoms with Crippen LogP contribution in [0.15, 0.2) is 24.3 Å². The molecule has 0 bridgehead atoms. The molecule has 2 aromatic rings. The first-order valence-corrected chi connectivity index (χ1v) is 5.48. The molecule has 0 unspecified atom stereocenters. The molecule has 2 aromatic carbocycles. The number of carbonyl (C=O) groups is 1. The van der Waals surface area contributed by atoms with E-state index in [0.717, 1.165) is 12.1 Å². The molecule has 0 aliphatic rings. The lowest BCUT2D eigenvalue weighted by atomic mass is 10.1. The molecule has 0 aromatic heterocycles. The predicted octanol–water partition coefficient (Wildman–Crippen LogP) is 2.91. The average molecular weight is 301 g/mol. The lowest BCUT2D eigenvalue weighted by molar-refractivity contribution is 0.102. The molecule has 0 saturated heterocycles. The molecule has 0 fully saturated rings. The van der Waals surface area contributed by atoms with Crippen LogP contribution in [0.4, 0.5) is 23.2 Å². The third-order valence-electron chi connectivity index (χ3n) is 2.61. The Morgan fingerprint density at radius 2 is 1.57 bits per heavy atom. The molecule has 0 aliphatic carbocycles. The number of hydrogen-bond donors (Lipinski definition) is 3. The molecule has 2 rings (SSSR count). The summed E-state index contributed by atoms with van der Waals surface area (Å²) in [5, 5.41) is 20.3. The van der Waals surface area contributed by atoms with Gasteiger partial charge in [-0.1, -0.05) is 6.07 Å². The Hall–Kier alpha value is -2.77.